The van der Waals surface area contributed by atoms with Crippen LogP contribution in [0.15, 0.2) is 43.0 Å². The molecular formula is C19H27NO3. The first-order valence-corrected chi connectivity index (χ1v) is 8.36. The van der Waals surface area contributed by atoms with Gasteiger partial charge in [0.25, 0.3) is 0 Å². The summed E-state index contributed by atoms with van der Waals surface area (Å²) in [6, 6.07) is 9.64. The number of nitrogens with zero attached hydrogens (tertiary/aromatic N) is 1. The fourth-order valence-corrected chi connectivity index (χ4v) is 3.18. The molecule has 1 unspecified atom stereocenters. The zero-order valence-electron chi connectivity index (χ0n) is 13.7. The third kappa shape index (κ3) is 5.10. The van der Waals surface area contributed by atoms with Gasteiger partial charge in [0.05, 0.1) is 13.2 Å². The van der Waals surface area contributed by atoms with Gasteiger partial charge in [-0.25, -0.2) is 0 Å². The number of carbonyl (C=O) groups is 1. The first-order chi connectivity index (χ1) is 11.2. The van der Waals surface area contributed by atoms with Gasteiger partial charge in [0.15, 0.2) is 0 Å². The Kier molecular flexibility index (Phi) is 6.66. The van der Waals surface area contributed by atoms with E-state index in [0.29, 0.717) is 26.0 Å². The molecule has 1 aliphatic rings. The summed E-state index contributed by atoms with van der Waals surface area (Å²) in [6.07, 6.45) is 5.69. The third-order valence-corrected chi connectivity index (χ3v) is 4.47. The summed E-state index contributed by atoms with van der Waals surface area (Å²) < 4.78 is 5.62. The summed E-state index contributed by atoms with van der Waals surface area (Å²) in [5, 5.41) is 9.71. The van der Waals surface area contributed by atoms with E-state index in [0.717, 1.165) is 31.6 Å². The predicted octanol–water partition coefficient (Wildman–Crippen LogP) is 3.02. The van der Waals surface area contributed by atoms with Crippen molar-refractivity contribution >= 4 is 5.91 Å². The number of likely N-dealkylation sites (tertiary alicyclic amines) is 1. The Morgan fingerprint density at radius 1 is 1.39 bits per heavy atom. The minimum absolute atomic E-state index is 0.111. The SMILES string of the molecule is C=CCC1(CO)CCCN(C(=O)CCCOc2ccccc2)C1. The van der Waals surface area contributed by atoms with E-state index < -0.39 is 0 Å². The van der Waals surface area contributed by atoms with E-state index >= 15 is 0 Å². The third-order valence-electron chi connectivity index (χ3n) is 4.47. The van der Waals surface area contributed by atoms with Gasteiger partial charge in [-0.1, -0.05) is 24.3 Å². The Bertz CT molecular complexity index is 503. The van der Waals surface area contributed by atoms with Crippen molar-refractivity contribution in [2.24, 2.45) is 5.41 Å². The molecule has 1 heterocycles. The monoisotopic (exact) mass is 317 g/mol. The molecular weight excluding hydrogens is 290 g/mol. The largest absolute Gasteiger partial charge is 0.494 e. The molecule has 1 N–H and O–H groups in total. The van der Waals surface area contributed by atoms with Crippen molar-refractivity contribution in [1.82, 2.24) is 4.90 Å². The van der Waals surface area contributed by atoms with Gasteiger partial charge in [-0.05, 0) is 37.8 Å². The van der Waals surface area contributed by atoms with Crippen molar-refractivity contribution < 1.29 is 14.6 Å². The molecule has 1 saturated heterocycles. The summed E-state index contributed by atoms with van der Waals surface area (Å²) in [7, 11) is 0. The normalized spacial score (nSPS) is 21.0. The number of hydrogen-bond acceptors (Lipinski definition) is 3. The molecule has 4 heteroatoms. The Morgan fingerprint density at radius 2 is 2.17 bits per heavy atom. The van der Waals surface area contributed by atoms with Crippen molar-refractivity contribution in [2.45, 2.75) is 32.1 Å². The molecule has 4 nitrogen and oxygen atoms in total. The van der Waals surface area contributed by atoms with Gasteiger partial charge in [0.1, 0.15) is 5.75 Å². The van der Waals surface area contributed by atoms with Crippen LogP contribution in [0.1, 0.15) is 32.1 Å². The number of carbonyl (C=O) groups excluding carboxylic acids is 1. The van der Waals surface area contributed by atoms with Gasteiger partial charge < -0.3 is 14.7 Å². The smallest absolute Gasteiger partial charge is 0.222 e. The molecule has 1 aliphatic heterocycles. The van der Waals surface area contributed by atoms with Crippen LogP contribution in [0.5, 0.6) is 5.75 Å². The zero-order chi connectivity index (χ0) is 16.5. The minimum atomic E-state index is -0.198. The summed E-state index contributed by atoms with van der Waals surface area (Å²) in [4.78, 5) is 14.3. The van der Waals surface area contributed by atoms with Gasteiger partial charge >= 0.3 is 0 Å². The van der Waals surface area contributed by atoms with E-state index in [-0.39, 0.29) is 17.9 Å². The highest BCUT2D eigenvalue weighted by atomic mass is 16.5. The average molecular weight is 317 g/mol. The number of rotatable bonds is 8. The van der Waals surface area contributed by atoms with Crippen LogP contribution in [0.3, 0.4) is 0 Å². The maximum absolute atomic E-state index is 12.4. The Labute approximate surface area is 138 Å². The first-order valence-electron chi connectivity index (χ1n) is 8.36. The van der Waals surface area contributed by atoms with E-state index in [1.165, 1.54) is 0 Å². The highest BCUT2D eigenvalue weighted by Gasteiger charge is 2.35. The topological polar surface area (TPSA) is 49.8 Å². The number of benzene rings is 1. The molecule has 23 heavy (non-hydrogen) atoms. The average Bonchev–Trinajstić information content (AvgIpc) is 2.60. The number of aliphatic hydroxyl groups excluding tert-OH is 1. The summed E-state index contributed by atoms with van der Waals surface area (Å²) in [6.45, 7) is 5.85. The number of piperidine rings is 1. The number of aliphatic hydroxyl groups is 1. The molecule has 1 fully saturated rings. The van der Waals surface area contributed by atoms with E-state index in [2.05, 4.69) is 6.58 Å². The Balaban J connectivity index is 1.75. The minimum Gasteiger partial charge on any atom is -0.494 e. The van der Waals surface area contributed by atoms with Gasteiger partial charge in [-0.15, -0.1) is 6.58 Å². The van der Waals surface area contributed by atoms with E-state index in [4.69, 9.17) is 4.74 Å². The lowest BCUT2D eigenvalue weighted by Gasteiger charge is -2.41. The van der Waals surface area contributed by atoms with Crippen LogP contribution < -0.4 is 4.74 Å². The van der Waals surface area contributed by atoms with E-state index in [1.54, 1.807) is 0 Å². The van der Waals surface area contributed by atoms with E-state index in [1.807, 2.05) is 41.3 Å². The van der Waals surface area contributed by atoms with Gasteiger partial charge in [0, 0.05) is 24.9 Å². The molecule has 1 amide bonds. The number of ether oxygens (including phenoxy) is 1. The lowest BCUT2D eigenvalue weighted by molar-refractivity contribution is -0.135. The number of allylic oxidation sites excluding steroid dienone is 1. The molecule has 0 bridgehead atoms. The fraction of sp³-hybridized carbons (Fsp3) is 0.526. The molecule has 0 saturated carbocycles. The molecule has 1 aromatic carbocycles. The Morgan fingerprint density at radius 3 is 2.87 bits per heavy atom. The van der Waals surface area contributed by atoms with Crippen molar-refractivity contribution in [1.29, 1.82) is 0 Å². The molecule has 0 radical (unpaired) electrons. The van der Waals surface area contributed by atoms with Crippen molar-refractivity contribution in [3.63, 3.8) is 0 Å². The van der Waals surface area contributed by atoms with Crippen LogP contribution in [0.4, 0.5) is 0 Å². The van der Waals surface area contributed by atoms with Gasteiger partial charge in [-0.3, -0.25) is 4.79 Å². The molecule has 2 rings (SSSR count). The predicted molar refractivity (Wildman–Crippen MR) is 91.3 cm³/mol. The van der Waals surface area contributed by atoms with Crippen LogP contribution in [-0.2, 0) is 4.79 Å². The summed E-state index contributed by atoms with van der Waals surface area (Å²) in [5.41, 5.74) is -0.198. The maximum atomic E-state index is 12.4. The van der Waals surface area contributed by atoms with Crippen LogP contribution >= 0.6 is 0 Å². The van der Waals surface area contributed by atoms with Crippen LogP contribution in [0.2, 0.25) is 0 Å². The highest BCUT2D eigenvalue weighted by Crippen LogP contribution is 2.33. The standard InChI is InChI=1S/C19H27NO3/c1-2-11-19(16-21)12-7-13-20(15-19)18(22)10-6-14-23-17-8-4-3-5-9-17/h2-5,8-9,21H,1,6-7,10-16H2. The fourth-order valence-electron chi connectivity index (χ4n) is 3.18. The second-order valence-electron chi connectivity index (χ2n) is 6.33. The van der Waals surface area contributed by atoms with Crippen molar-refractivity contribution in [3.8, 4) is 5.75 Å². The number of amides is 1. The molecule has 1 atom stereocenters. The second-order valence-corrected chi connectivity index (χ2v) is 6.33. The molecule has 126 valence electrons. The quantitative estimate of drug-likeness (QED) is 0.592. The van der Waals surface area contributed by atoms with Gasteiger partial charge in [0.2, 0.25) is 5.91 Å². The molecule has 0 aliphatic carbocycles. The lowest BCUT2D eigenvalue weighted by Crippen LogP contribution is -2.47. The lowest BCUT2D eigenvalue weighted by atomic mass is 9.77. The molecule has 0 aromatic heterocycles. The number of hydrogen-bond donors (Lipinski definition) is 1. The highest BCUT2D eigenvalue weighted by molar-refractivity contribution is 5.76. The summed E-state index contributed by atoms with van der Waals surface area (Å²) in [5.74, 6) is 0.992. The molecule has 0 spiro atoms. The van der Waals surface area contributed by atoms with Crippen LogP contribution in [-0.4, -0.2) is 42.2 Å². The second kappa shape index (κ2) is 8.73. The van der Waals surface area contributed by atoms with Crippen molar-refractivity contribution in [2.75, 3.05) is 26.3 Å². The summed E-state index contributed by atoms with van der Waals surface area (Å²) >= 11 is 0. The van der Waals surface area contributed by atoms with Gasteiger partial charge in [-0.2, -0.15) is 0 Å². The van der Waals surface area contributed by atoms with Crippen LogP contribution in [0, 0.1) is 5.41 Å². The van der Waals surface area contributed by atoms with E-state index in [9.17, 15) is 9.90 Å². The molecule has 1 aromatic rings. The maximum Gasteiger partial charge on any atom is 0.222 e. The zero-order valence-corrected chi connectivity index (χ0v) is 13.7. The first kappa shape index (κ1) is 17.5. The Hall–Kier alpha value is -1.81. The number of para-hydroxylation sites is 1. The van der Waals surface area contributed by atoms with Crippen molar-refractivity contribution in [3.05, 3.63) is 43.0 Å². The van der Waals surface area contributed by atoms with Crippen LogP contribution in [0.25, 0.3) is 0 Å².